The fraction of sp³-hybridized carbons (Fsp3) is 0.538. The lowest BCUT2D eigenvalue weighted by atomic mass is 9.97. The number of rotatable bonds is 2. The Morgan fingerprint density at radius 1 is 1.47 bits per heavy atom. The first kappa shape index (κ1) is 9.22. The van der Waals surface area contributed by atoms with Crippen LogP contribution in [0, 0.1) is 0 Å². The van der Waals surface area contributed by atoms with Gasteiger partial charge in [-0.05, 0) is 37.8 Å². The van der Waals surface area contributed by atoms with Crippen LogP contribution < -0.4 is 10.5 Å². The van der Waals surface area contributed by atoms with Crippen LogP contribution in [0.2, 0.25) is 0 Å². The van der Waals surface area contributed by atoms with E-state index in [2.05, 4.69) is 25.1 Å². The lowest BCUT2D eigenvalue weighted by Crippen LogP contribution is -2.25. The third-order valence-electron chi connectivity index (χ3n) is 3.48. The Morgan fingerprint density at radius 3 is 3.00 bits per heavy atom. The minimum absolute atomic E-state index is 0.0982. The van der Waals surface area contributed by atoms with Gasteiger partial charge in [-0.2, -0.15) is 0 Å². The van der Waals surface area contributed by atoms with Gasteiger partial charge in [0.25, 0.3) is 0 Å². The molecule has 2 heteroatoms. The summed E-state index contributed by atoms with van der Waals surface area (Å²) >= 11 is 0. The number of hydrogen-bond donors (Lipinski definition) is 1. The number of fused-ring (bicyclic) bond motifs is 1. The quantitative estimate of drug-likeness (QED) is 0.798. The van der Waals surface area contributed by atoms with Crippen molar-refractivity contribution in [3.8, 4) is 5.75 Å². The number of benzene rings is 1. The van der Waals surface area contributed by atoms with Crippen LogP contribution in [0.4, 0.5) is 0 Å². The van der Waals surface area contributed by atoms with Gasteiger partial charge in [-0.1, -0.05) is 12.1 Å². The summed E-state index contributed by atoms with van der Waals surface area (Å²) in [5.41, 5.74) is 9.06. The van der Waals surface area contributed by atoms with Gasteiger partial charge in [0.05, 0.1) is 0 Å². The molecular weight excluding hydrogens is 186 g/mol. The van der Waals surface area contributed by atoms with E-state index >= 15 is 0 Å². The Hall–Kier alpha value is -1.02. The van der Waals surface area contributed by atoms with Gasteiger partial charge in [0.2, 0.25) is 0 Å². The molecule has 0 radical (unpaired) electrons. The maximum Gasteiger partial charge on any atom is 0.123 e. The van der Waals surface area contributed by atoms with Crippen LogP contribution in [0.5, 0.6) is 5.75 Å². The van der Waals surface area contributed by atoms with Gasteiger partial charge in [-0.15, -0.1) is 0 Å². The monoisotopic (exact) mass is 203 g/mol. The van der Waals surface area contributed by atoms with Crippen LogP contribution in [0.15, 0.2) is 18.2 Å². The highest BCUT2D eigenvalue weighted by Gasteiger charge is 2.39. The molecule has 1 saturated carbocycles. The summed E-state index contributed by atoms with van der Waals surface area (Å²) in [5, 5.41) is 0. The van der Waals surface area contributed by atoms with Gasteiger partial charge in [-0.25, -0.2) is 0 Å². The van der Waals surface area contributed by atoms with Crippen molar-refractivity contribution in [2.24, 2.45) is 5.73 Å². The fourth-order valence-corrected chi connectivity index (χ4v) is 2.38. The molecule has 3 rings (SSSR count). The van der Waals surface area contributed by atoms with Gasteiger partial charge in [0.1, 0.15) is 11.9 Å². The predicted molar refractivity (Wildman–Crippen MR) is 60.1 cm³/mol. The van der Waals surface area contributed by atoms with Crippen molar-refractivity contribution in [1.29, 1.82) is 0 Å². The molecule has 0 spiro atoms. The molecule has 2 N–H and O–H groups in total. The second-order valence-corrected chi connectivity index (χ2v) is 5.07. The molecule has 1 heterocycles. The molecule has 1 aromatic carbocycles. The van der Waals surface area contributed by atoms with Crippen LogP contribution in [0.1, 0.15) is 30.9 Å². The highest BCUT2D eigenvalue weighted by Crippen LogP contribution is 2.39. The summed E-state index contributed by atoms with van der Waals surface area (Å²) in [6.45, 7) is 2.12. The Labute approximate surface area is 90.4 Å². The first-order valence-corrected chi connectivity index (χ1v) is 5.73. The SMILES string of the molecule is CC1Cc2c(CC3(N)CC3)cccc2O1. The predicted octanol–water partition coefficient (Wildman–Crippen LogP) is 2.04. The second kappa shape index (κ2) is 2.99. The molecule has 1 atom stereocenters. The smallest absolute Gasteiger partial charge is 0.123 e. The molecule has 2 nitrogen and oxygen atoms in total. The summed E-state index contributed by atoms with van der Waals surface area (Å²) in [4.78, 5) is 0. The summed E-state index contributed by atoms with van der Waals surface area (Å²) in [6, 6.07) is 6.35. The van der Waals surface area contributed by atoms with E-state index in [4.69, 9.17) is 10.5 Å². The summed E-state index contributed by atoms with van der Waals surface area (Å²) in [6.07, 6.45) is 4.74. The van der Waals surface area contributed by atoms with Crippen LogP contribution in [-0.4, -0.2) is 11.6 Å². The van der Waals surface area contributed by atoms with E-state index < -0.39 is 0 Å². The van der Waals surface area contributed by atoms with Crippen LogP contribution in [0.25, 0.3) is 0 Å². The average Bonchev–Trinajstić information content (AvgIpc) is 2.76. The highest BCUT2D eigenvalue weighted by atomic mass is 16.5. The van der Waals surface area contributed by atoms with Gasteiger partial charge >= 0.3 is 0 Å². The topological polar surface area (TPSA) is 35.2 Å². The molecule has 2 aliphatic rings. The van der Waals surface area contributed by atoms with Crippen molar-refractivity contribution in [3.05, 3.63) is 29.3 Å². The lowest BCUT2D eigenvalue weighted by molar-refractivity contribution is 0.254. The maximum absolute atomic E-state index is 6.17. The standard InChI is InChI=1S/C13H17NO/c1-9-7-11-10(8-13(14)5-6-13)3-2-4-12(11)15-9/h2-4,9H,5-8,14H2,1H3. The molecule has 0 aromatic heterocycles. The van der Waals surface area contributed by atoms with Gasteiger partial charge in [0.15, 0.2) is 0 Å². The summed E-state index contributed by atoms with van der Waals surface area (Å²) < 4.78 is 5.74. The zero-order valence-corrected chi connectivity index (χ0v) is 9.12. The minimum Gasteiger partial charge on any atom is -0.490 e. The number of ether oxygens (including phenoxy) is 1. The van der Waals surface area contributed by atoms with E-state index in [1.165, 1.54) is 24.0 Å². The Balaban J connectivity index is 1.92. The van der Waals surface area contributed by atoms with Crippen molar-refractivity contribution in [1.82, 2.24) is 0 Å². The highest BCUT2D eigenvalue weighted by molar-refractivity contribution is 5.44. The molecule has 1 aliphatic heterocycles. The molecular formula is C13H17NO. The van der Waals surface area contributed by atoms with Crippen LogP contribution >= 0.6 is 0 Å². The van der Waals surface area contributed by atoms with Crippen molar-refractivity contribution in [2.75, 3.05) is 0 Å². The second-order valence-electron chi connectivity index (χ2n) is 5.07. The molecule has 0 saturated heterocycles. The maximum atomic E-state index is 6.17. The van der Waals surface area contributed by atoms with Crippen LogP contribution in [-0.2, 0) is 12.8 Å². The Kier molecular flexibility index (Phi) is 1.84. The van der Waals surface area contributed by atoms with E-state index in [0.29, 0.717) is 6.10 Å². The zero-order valence-electron chi connectivity index (χ0n) is 9.12. The largest absolute Gasteiger partial charge is 0.490 e. The molecule has 1 fully saturated rings. The van der Waals surface area contributed by atoms with E-state index in [1.54, 1.807) is 0 Å². The first-order valence-electron chi connectivity index (χ1n) is 5.73. The third-order valence-corrected chi connectivity index (χ3v) is 3.48. The lowest BCUT2D eigenvalue weighted by Gasteiger charge is -2.11. The van der Waals surface area contributed by atoms with Crippen molar-refractivity contribution >= 4 is 0 Å². The molecule has 1 aromatic rings. The summed E-state index contributed by atoms with van der Waals surface area (Å²) in [7, 11) is 0. The van der Waals surface area contributed by atoms with Crippen molar-refractivity contribution in [2.45, 2.75) is 44.2 Å². The van der Waals surface area contributed by atoms with Gasteiger partial charge in [0, 0.05) is 17.5 Å². The van der Waals surface area contributed by atoms with Crippen LogP contribution in [0.3, 0.4) is 0 Å². The fourth-order valence-electron chi connectivity index (χ4n) is 2.38. The number of nitrogens with two attached hydrogens (primary N) is 1. The first-order chi connectivity index (χ1) is 7.16. The molecule has 0 bridgehead atoms. The molecule has 15 heavy (non-hydrogen) atoms. The van der Waals surface area contributed by atoms with Gasteiger partial charge in [-0.3, -0.25) is 0 Å². The Bertz CT molecular complexity index is 396. The average molecular weight is 203 g/mol. The Morgan fingerprint density at radius 2 is 2.27 bits per heavy atom. The molecule has 80 valence electrons. The number of hydrogen-bond acceptors (Lipinski definition) is 2. The summed E-state index contributed by atoms with van der Waals surface area (Å²) in [5.74, 6) is 1.07. The van der Waals surface area contributed by atoms with E-state index in [1.807, 2.05) is 0 Å². The van der Waals surface area contributed by atoms with E-state index in [9.17, 15) is 0 Å². The van der Waals surface area contributed by atoms with Crippen molar-refractivity contribution in [3.63, 3.8) is 0 Å². The van der Waals surface area contributed by atoms with E-state index in [-0.39, 0.29) is 5.54 Å². The van der Waals surface area contributed by atoms with E-state index in [0.717, 1.165) is 18.6 Å². The molecule has 0 amide bonds. The molecule has 1 aliphatic carbocycles. The van der Waals surface area contributed by atoms with Crippen molar-refractivity contribution < 1.29 is 4.74 Å². The normalized spacial score (nSPS) is 25.9. The molecule has 1 unspecified atom stereocenters. The zero-order chi connectivity index (χ0) is 10.5. The van der Waals surface area contributed by atoms with Gasteiger partial charge < -0.3 is 10.5 Å². The minimum atomic E-state index is 0.0982. The third kappa shape index (κ3) is 1.63.